The summed E-state index contributed by atoms with van der Waals surface area (Å²) in [5, 5.41) is 9.62. The van der Waals surface area contributed by atoms with Gasteiger partial charge in [0.15, 0.2) is 11.5 Å². The molecule has 0 aromatic heterocycles. The fourth-order valence-corrected chi connectivity index (χ4v) is 14.3. The number of anilines is 6. The highest BCUT2D eigenvalue weighted by molar-refractivity contribution is 5.88. The Kier molecular flexibility index (Phi) is 13.4. The number of aliphatic hydroxyl groups is 1. The number of hydrogen-bond donors (Lipinski definition) is 1. The molecule has 0 unspecified atom stereocenters. The summed E-state index contributed by atoms with van der Waals surface area (Å²) in [5.74, 6) is 2.33. The zero-order valence-electron chi connectivity index (χ0n) is 51.1. The maximum atomic E-state index is 9.62. The summed E-state index contributed by atoms with van der Waals surface area (Å²) in [5.41, 5.74) is 29.7. The lowest BCUT2D eigenvalue weighted by molar-refractivity contribution is 0.174. The van der Waals surface area contributed by atoms with Crippen LogP contribution in [0, 0.1) is 0 Å². The monoisotopic (exact) mass is 1120 g/mol. The molecule has 7 heteroatoms. The molecular formula is C78H75N3O4. The molecule has 85 heavy (non-hydrogen) atoms. The van der Waals surface area contributed by atoms with Gasteiger partial charge in [-0.1, -0.05) is 177 Å². The second-order valence-electron chi connectivity index (χ2n) is 25.5. The number of fused-ring (bicyclic) bond motifs is 13. The lowest BCUT2D eigenvalue weighted by Gasteiger charge is -2.26. The molecule has 0 spiro atoms. The van der Waals surface area contributed by atoms with Crippen LogP contribution in [0.25, 0.3) is 44.5 Å². The van der Waals surface area contributed by atoms with Gasteiger partial charge >= 0.3 is 0 Å². The molecule has 0 saturated carbocycles. The summed E-state index contributed by atoms with van der Waals surface area (Å²) in [6.45, 7) is 18.8. The van der Waals surface area contributed by atoms with Gasteiger partial charge in [0.05, 0.1) is 13.7 Å². The molecule has 0 atom stereocenters. The molecule has 1 N–H and O–H groups in total. The normalized spacial score (nSPS) is 15.2. The third-order valence-corrected chi connectivity index (χ3v) is 19.4. The average molecular weight is 1120 g/mol. The van der Waals surface area contributed by atoms with E-state index in [0.717, 1.165) is 34.1 Å². The second kappa shape index (κ2) is 20.6. The van der Waals surface area contributed by atoms with E-state index >= 15 is 0 Å². The van der Waals surface area contributed by atoms with Crippen molar-refractivity contribution in [3.05, 3.63) is 256 Å². The predicted molar refractivity (Wildman–Crippen MR) is 352 cm³/mol. The quantitative estimate of drug-likeness (QED) is 0.163. The SMILES string of the molecule is CN(c1ccc2c(c1)-c1ccccc1C2(C)C)c1ccc2c(c1)C(C)(C)c1ccccc1-2.CN(c1ccc2c(c1)OCO2)c1ccc2c(c1)C(C)(C)c1ccccc1-2.COc1ccc(N(C)c2ccc3c(c2)C(C)(C)c2ccccc2-3)cc1CO. The summed E-state index contributed by atoms with van der Waals surface area (Å²) in [6.07, 6.45) is 0. The number of rotatable bonds is 8. The van der Waals surface area contributed by atoms with Crippen molar-refractivity contribution in [1.29, 1.82) is 0 Å². The molecular weight excluding hydrogens is 1040 g/mol. The molecule has 0 saturated heterocycles. The van der Waals surface area contributed by atoms with E-state index in [1.807, 2.05) is 30.3 Å². The number of benzene rings is 10. The fraction of sp³-hybridized carbons (Fsp3) is 0.231. The van der Waals surface area contributed by atoms with Crippen LogP contribution in [-0.4, -0.2) is 40.2 Å². The molecule has 426 valence electrons. The molecule has 7 nitrogen and oxygen atoms in total. The van der Waals surface area contributed by atoms with E-state index in [1.54, 1.807) is 7.11 Å². The van der Waals surface area contributed by atoms with Gasteiger partial charge in [0, 0.05) is 88.6 Å². The van der Waals surface area contributed by atoms with Crippen molar-refractivity contribution in [2.45, 2.75) is 83.7 Å². The molecule has 0 bridgehead atoms. The van der Waals surface area contributed by atoms with Crippen LogP contribution in [0.4, 0.5) is 34.1 Å². The first-order chi connectivity index (χ1) is 40.8. The largest absolute Gasteiger partial charge is 0.496 e. The van der Waals surface area contributed by atoms with Gasteiger partial charge in [0.25, 0.3) is 0 Å². The Morgan fingerprint density at radius 3 is 1.09 bits per heavy atom. The van der Waals surface area contributed by atoms with Crippen molar-refractivity contribution < 1.29 is 19.3 Å². The van der Waals surface area contributed by atoms with Crippen LogP contribution >= 0.6 is 0 Å². The summed E-state index contributed by atoms with van der Waals surface area (Å²) in [7, 11) is 7.96. The highest BCUT2D eigenvalue weighted by Crippen LogP contribution is 2.54. The Morgan fingerprint density at radius 1 is 0.341 bits per heavy atom. The van der Waals surface area contributed by atoms with Gasteiger partial charge in [0.2, 0.25) is 6.79 Å². The van der Waals surface area contributed by atoms with Crippen LogP contribution in [0.3, 0.4) is 0 Å². The van der Waals surface area contributed by atoms with E-state index in [9.17, 15) is 5.11 Å². The summed E-state index contributed by atoms with van der Waals surface area (Å²) in [6, 6.07) is 74.5. The third-order valence-electron chi connectivity index (χ3n) is 19.4. The molecule has 0 amide bonds. The van der Waals surface area contributed by atoms with Crippen LogP contribution in [0.2, 0.25) is 0 Å². The maximum Gasteiger partial charge on any atom is 0.231 e. The zero-order chi connectivity index (χ0) is 59.3. The van der Waals surface area contributed by atoms with E-state index in [2.05, 4.69) is 267 Å². The van der Waals surface area contributed by atoms with Crippen LogP contribution in [0.1, 0.15) is 105 Å². The first-order valence-electron chi connectivity index (χ1n) is 29.7. The molecule has 5 aliphatic rings. The van der Waals surface area contributed by atoms with Gasteiger partial charge < -0.3 is 34.0 Å². The average Bonchev–Trinajstić information content (AvgIpc) is 1.77. The molecule has 0 fully saturated rings. The molecule has 1 heterocycles. The summed E-state index contributed by atoms with van der Waals surface area (Å²) >= 11 is 0. The highest BCUT2D eigenvalue weighted by atomic mass is 16.7. The Balaban J connectivity index is 0.000000119. The smallest absolute Gasteiger partial charge is 0.231 e. The van der Waals surface area contributed by atoms with Crippen LogP contribution in [-0.2, 0) is 28.3 Å². The summed E-state index contributed by atoms with van der Waals surface area (Å²) < 4.78 is 16.3. The Hall–Kier alpha value is -9.04. The second-order valence-corrected chi connectivity index (χ2v) is 25.5. The lowest BCUT2D eigenvalue weighted by atomic mass is 9.82. The number of aliphatic hydroxyl groups excluding tert-OH is 1. The number of nitrogens with zero attached hydrogens (tertiary/aromatic N) is 3. The van der Waals surface area contributed by atoms with E-state index in [-0.39, 0.29) is 28.3 Å². The van der Waals surface area contributed by atoms with Crippen molar-refractivity contribution in [2.24, 2.45) is 0 Å². The minimum absolute atomic E-state index is 0.0116. The Labute approximate surface area is 502 Å². The lowest BCUT2D eigenvalue weighted by Crippen LogP contribution is -2.17. The van der Waals surface area contributed by atoms with E-state index in [1.165, 1.54) is 106 Å². The van der Waals surface area contributed by atoms with Gasteiger partial charge in [0.1, 0.15) is 5.75 Å². The highest BCUT2D eigenvalue weighted by Gasteiger charge is 2.39. The Morgan fingerprint density at radius 2 is 0.659 bits per heavy atom. The van der Waals surface area contributed by atoms with Crippen LogP contribution < -0.4 is 28.9 Å². The van der Waals surface area contributed by atoms with E-state index in [4.69, 9.17) is 14.2 Å². The molecule has 0 radical (unpaired) electrons. The van der Waals surface area contributed by atoms with Gasteiger partial charge in [-0.25, -0.2) is 0 Å². The van der Waals surface area contributed by atoms with Crippen molar-refractivity contribution in [1.82, 2.24) is 0 Å². The molecule has 10 aromatic carbocycles. The first-order valence-corrected chi connectivity index (χ1v) is 29.7. The number of hydrogen-bond acceptors (Lipinski definition) is 7. The minimum Gasteiger partial charge on any atom is -0.496 e. The van der Waals surface area contributed by atoms with Crippen molar-refractivity contribution >= 4 is 34.1 Å². The Bertz CT molecular complexity index is 4280. The molecule has 4 aliphatic carbocycles. The van der Waals surface area contributed by atoms with Crippen LogP contribution in [0.5, 0.6) is 17.2 Å². The topological polar surface area (TPSA) is 57.6 Å². The standard InChI is InChI=1S/C31H29N.C24H25NO2.C23H21NO2/c1-30(2)27-13-9-7-11-23(27)25-18-20(15-17-28(25)30)32(5)21-14-16-24-22-10-6-8-12-26(22)31(3,4)29(24)19-21;1-24(2)21-8-6-5-7-19(21)20-11-9-18(14-22(20)24)25(3)17-10-12-23(27-4)16(13-17)15-26;1-23(2)19-7-5-4-6-17(19)18-10-8-15(12-20(18)23)24(3)16-9-11-21-22(13-16)26-14-25-21/h6-19H,1-5H3;5-14,26H,15H2,1-4H3;4-13H,14H2,1-3H3. The van der Waals surface area contributed by atoms with Crippen molar-refractivity contribution in [3.63, 3.8) is 0 Å². The number of ether oxygens (including phenoxy) is 3. The van der Waals surface area contributed by atoms with Gasteiger partial charge in [-0.05, 0) is 168 Å². The van der Waals surface area contributed by atoms with Crippen molar-refractivity contribution in [2.75, 3.05) is 49.7 Å². The first kappa shape index (κ1) is 55.2. The molecule has 15 rings (SSSR count). The maximum absolute atomic E-state index is 9.62. The van der Waals surface area contributed by atoms with E-state index in [0.29, 0.717) is 12.5 Å². The van der Waals surface area contributed by atoms with Gasteiger partial charge in [-0.2, -0.15) is 0 Å². The molecule has 10 aromatic rings. The number of methoxy groups -OCH3 is 1. The van der Waals surface area contributed by atoms with Gasteiger partial charge in [-0.3, -0.25) is 0 Å². The molecule has 1 aliphatic heterocycles. The fourth-order valence-electron chi connectivity index (χ4n) is 14.3. The minimum atomic E-state index is -0.0443. The van der Waals surface area contributed by atoms with Crippen LogP contribution in [0.15, 0.2) is 206 Å². The van der Waals surface area contributed by atoms with E-state index < -0.39 is 0 Å². The van der Waals surface area contributed by atoms with Crippen molar-refractivity contribution in [3.8, 4) is 61.8 Å². The zero-order valence-corrected chi connectivity index (χ0v) is 51.1. The predicted octanol–water partition coefficient (Wildman–Crippen LogP) is 18.8. The third kappa shape index (κ3) is 8.97. The van der Waals surface area contributed by atoms with Gasteiger partial charge in [-0.15, -0.1) is 0 Å². The summed E-state index contributed by atoms with van der Waals surface area (Å²) in [4.78, 5) is 6.67.